The van der Waals surface area contributed by atoms with E-state index in [1.54, 1.807) is 0 Å². The maximum absolute atomic E-state index is 11.1. The molecule has 48 heavy (non-hydrogen) atoms. The molecule has 5 aliphatic rings. The van der Waals surface area contributed by atoms with E-state index in [4.69, 9.17) is 52.1 Å². The van der Waals surface area contributed by atoms with E-state index in [0.29, 0.717) is 0 Å². The van der Waals surface area contributed by atoms with Gasteiger partial charge in [0.1, 0.15) is 91.6 Å². The third-order valence-corrected chi connectivity index (χ3v) is 8.83. The molecule has 5 aliphatic heterocycles. The molecule has 0 aromatic rings. The van der Waals surface area contributed by atoms with Crippen LogP contribution in [0.1, 0.15) is 0 Å². The summed E-state index contributed by atoms with van der Waals surface area (Å²) in [7, 11) is 2.54. The lowest BCUT2D eigenvalue weighted by Crippen LogP contribution is -2.64. The molecular weight excluding hydrogens is 660 g/mol. The van der Waals surface area contributed by atoms with Gasteiger partial charge < -0.3 is 103 Å². The maximum atomic E-state index is 11.1. The number of ether oxygens (including phenoxy) is 11. The molecule has 0 bridgehead atoms. The van der Waals surface area contributed by atoms with Gasteiger partial charge in [-0.1, -0.05) is 0 Å². The Hall–Kier alpha value is -0.840. The van der Waals surface area contributed by atoms with E-state index in [-0.39, 0.29) is 13.2 Å². The van der Waals surface area contributed by atoms with Gasteiger partial charge in [-0.15, -0.1) is 0 Å². The second kappa shape index (κ2) is 16.7. The van der Waals surface area contributed by atoms with Gasteiger partial charge >= 0.3 is 0 Å². The van der Waals surface area contributed by atoms with Gasteiger partial charge in [-0.05, 0) is 0 Å². The first-order valence-electron chi connectivity index (χ1n) is 15.4. The van der Waals surface area contributed by atoms with Crippen molar-refractivity contribution < 1.29 is 103 Å². The molecule has 0 radical (unpaired) electrons. The summed E-state index contributed by atoms with van der Waals surface area (Å²) in [5.41, 5.74) is 0. The van der Waals surface area contributed by atoms with Crippen LogP contribution in [0.15, 0.2) is 0 Å². The number of aliphatic hydroxyl groups excluding tert-OH is 10. The van der Waals surface area contributed by atoms with Crippen LogP contribution in [0.5, 0.6) is 0 Å². The predicted molar refractivity (Wildman–Crippen MR) is 146 cm³/mol. The van der Waals surface area contributed by atoms with Crippen LogP contribution in [0.25, 0.3) is 0 Å². The highest BCUT2D eigenvalue weighted by Gasteiger charge is 2.52. The molecule has 0 aliphatic carbocycles. The summed E-state index contributed by atoms with van der Waals surface area (Å²) in [4.78, 5) is 0. The Labute approximate surface area is 273 Å². The Kier molecular flexibility index (Phi) is 13.3. The molecule has 5 heterocycles. The first kappa shape index (κ1) is 38.4. The summed E-state index contributed by atoms with van der Waals surface area (Å²) in [6, 6.07) is 0. The minimum atomic E-state index is -1.81. The van der Waals surface area contributed by atoms with Gasteiger partial charge in [0.25, 0.3) is 0 Å². The molecule has 20 atom stereocenters. The standard InChI is InChI=1S/C27H46O21/c1-38-19-8(28)3-41-25(15(19)34)46-21-10(30)5-43-27(17(21)36)48-22-11(31)6-42-26(18(22)37)47-20-9(29)4-40-24(16(20)35)45-12-7-44-23(39-2)14(33)13(12)32/h8-37H,3-7H2,1-2H3/t8-,9-,10-,11-,12-,13?,14+,15+,16+,17+,18+,19?,20?,21?,22?,23-,24+,25-,26-,27+/m1/s1. The lowest BCUT2D eigenvalue weighted by Gasteiger charge is -2.46. The highest BCUT2D eigenvalue weighted by molar-refractivity contribution is 4.93. The van der Waals surface area contributed by atoms with Crippen LogP contribution in [0.4, 0.5) is 0 Å². The zero-order valence-corrected chi connectivity index (χ0v) is 26.0. The van der Waals surface area contributed by atoms with Crippen molar-refractivity contribution in [3.05, 3.63) is 0 Å². The van der Waals surface area contributed by atoms with Gasteiger partial charge in [-0.2, -0.15) is 0 Å². The van der Waals surface area contributed by atoms with Gasteiger partial charge in [-0.25, -0.2) is 0 Å². The second-order valence-electron chi connectivity index (χ2n) is 12.1. The first-order valence-corrected chi connectivity index (χ1v) is 15.4. The van der Waals surface area contributed by atoms with Gasteiger partial charge in [0, 0.05) is 14.2 Å². The van der Waals surface area contributed by atoms with Crippen molar-refractivity contribution in [3.63, 3.8) is 0 Å². The number of rotatable bonds is 10. The van der Waals surface area contributed by atoms with E-state index >= 15 is 0 Å². The van der Waals surface area contributed by atoms with E-state index in [0.717, 1.165) is 0 Å². The van der Waals surface area contributed by atoms with Crippen LogP contribution in [-0.2, 0) is 52.1 Å². The van der Waals surface area contributed by atoms with Crippen LogP contribution < -0.4 is 0 Å². The highest BCUT2D eigenvalue weighted by atomic mass is 16.8. The summed E-state index contributed by atoms with van der Waals surface area (Å²) in [6.07, 6.45) is -29.3. The monoisotopic (exact) mass is 706 g/mol. The molecule has 21 heteroatoms. The van der Waals surface area contributed by atoms with E-state index in [1.807, 2.05) is 0 Å². The first-order chi connectivity index (χ1) is 22.9. The molecule has 0 aromatic carbocycles. The van der Waals surface area contributed by atoms with Crippen LogP contribution in [-0.4, -0.2) is 221 Å². The Morgan fingerprint density at radius 3 is 1.06 bits per heavy atom. The minimum absolute atomic E-state index is 0.234. The molecule has 5 rings (SSSR count). The third-order valence-electron chi connectivity index (χ3n) is 8.83. The van der Waals surface area contributed by atoms with Crippen LogP contribution in [0, 0.1) is 0 Å². The van der Waals surface area contributed by atoms with Crippen molar-refractivity contribution in [2.45, 2.75) is 123 Å². The van der Waals surface area contributed by atoms with E-state index in [9.17, 15) is 51.1 Å². The molecular formula is C27H46O21. The number of methoxy groups -OCH3 is 2. The topological polar surface area (TPSA) is 304 Å². The number of aliphatic hydroxyl groups is 10. The van der Waals surface area contributed by atoms with Crippen molar-refractivity contribution in [3.8, 4) is 0 Å². The van der Waals surface area contributed by atoms with Gasteiger partial charge in [0.15, 0.2) is 31.5 Å². The lowest BCUT2D eigenvalue weighted by atomic mass is 10.0. The smallest absolute Gasteiger partial charge is 0.186 e. The second-order valence-corrected chi connectivity index (χ2v) is 12.1. The van der Waals surface area contributed by atoms with Gasteiger partial charge in [0.2, 0.25) is 0 Å². The summed E-state index contributed by atoms with van der Waals surface area (Å²) < 4.78 is 59.5. The fourth-order valence-electron chi connectivity index (χ4n) is 6.10. The van der Waals surface area contributed by atoms with Crippen molar-refractivity contribution in [1.29, 1.82) is 0 Å². The summed E-state index contributed by atoms with van der Waals surface area (Å²) >= 11 is 0. The molecule has 21 nitrogen and oxygen atoms in total. The molecule has 10 N–H and O–H groups in total. The van der Waals surface area contributed by atoms with Crippen LogP contribution >= 0.6 is 0 Å². The third kappa shape index (κ3) is 8.12. The van der Waals surface area contributed by atoms with Crippen LogP contribution in [0.2, 0.25) is 0 Å². The Bertz CT molecular complexity index is 997. The Morgan fingerprint density at radius 1 is 0.354 bits per heavy atom. The summed E-state index contributed by atoms with van der Waals surface area (Å²) in [5, 5.41) is 106. The number of hydrogen-bond donors (Lipinski definition) is 10. The van der Waals surface area contributed by atoms with Crippen molar-refractivity contribution >= 4 is 0 Å². The van der Waals surface area contributed by atoms with Crippen LogP contribution in [0.3, 0.4) is 0 Å². The molecule has 0 aromatic heterocycles. The van der Waals surface area contributed by atoms with Crippen molar-refractivity contribution in [2.75, 3.05) is 47.3 Å². The SMILES string of the molecule is COC1[C@H](O)CO[C@H](OC2[C@H](O)CO[C@@H](OC3[C@H](O)CO[C@H](OC4[C@H](O)CO[C@@H](O[C@@H]5CO[C@@H](OC)[C@@H](O)C5O)[C@H]4O)[C@H]3O)[C@H]2O)[C@H]1O. The van der Waals surface area contributed by atoms with Gasteiger partial charge in [0.05, 0.1) is 33.0 Å². The van der Waals surface area contributed by atoms with E-state index in [1.165, 1.54) is 14.2 Å². The molecule has 5 fully saturated rings. The van der Waals surface area contributed by atoms with Gasteiger partial charge in [-0.3, -0.25) is 0 Å². The zero-order valence-electron chi connectivity index (χ0n) is 26.0. The zero-order chi connectivity index (χ0) is 34.9. The average Bonchev–Trinajstić information content (AvgIpc) is 3.06. The molecule has 280 valence electrons. The Balaban J connectivity index is 1.19. The quantitative estimate of drug-likeness (QED) is 0.101. The van der Waals surface area contributed by atoms with E-state index < -0.39 is 143 Å². The Morgan fingerprint density at radius 2 is 0.688 bits per heavy atom. The maximum Gasteiger partial charge on any atom is 0.186 e. The molecule has 5 saturated heterocycles. The van der Waals surface area contributed by atoms with Crippen molar-refractivity contribution in [2.24, 2.45) is 0 Å². The largest absolute Gasteiger partial charge is 0.388 e. The fraction of sp³-hybridized carbons (Fsp3) is 1.00. The molecule has 5 unspecified atom stereocenters. The van der Waals surface area contributed by atoms with E-state index in [2.05, 4.69) is 0 Å². The average molecular weight is 707 g/mol. The summed E-state index contributed by atoms with van der Waals surface area (Å²) in [5.74, 6) is 0. The van der Waals surface area contributed by atoms with Crippen molar-refractivity contribution in [1.82, 2.24) is 0 Å². The minimum Gasteiger partial charge on any atom is -0.388 e. The molecule has 0 spiro atoms. The normalized spacial score (nSPS) is 52.2. The lowest BCUT2D eigenvalue weighted by molar-refractivity contribution is -0.370. The number of hydrogen-bond acceptors (Lipinski definition) is 21. The fourth-order valence-corrected chi connectivity index (χ4v) is 6.10. The summed E-state index contributed by atoms with van der Waals surface area (Å²) in [6.45, 7) is -1.83. The molecule has 0 amide bonds. The predicted octanol–water partition coefficient (Wildman–Crippen LogP) is -7.42. The molecule has 0 saturated carbocycles. The highest BCUT2D eigenvalue weighted by Crippen LogP contribution is 2.31.